The lowest BCUT2D eigenvalue weighted by Gasteiger charge is -2.11. The molecule has 0 aliphatic carbocycles. The Bertz CT molecular complexity index is 939. The number of fused-ring (bicyclic) bond motifs is 1. The zero-order chi connectivity index (χ0) is 15.5. The molecule has 110 valence electrons. The molecule has 4 aromatic heterocycles. The molecule has 0 radical (unpaired) electrons. The molecule has 4 heterocycles. The van der Waals surface area contributed by atoms with Gasteiger partial charge in [-0.15, -0.1) is 0 Å². The molecule has 5 heteroatoms. The third kappa shape index (κ3) is 2.72. The van der Waals surface area contributed by atoms with Gasteiger partial charge < -0.3 is 5.32 Å². The smallest absolute Gasteiger partial charge is 0.161 e. The molecule has 4 aromatic rings. The average molecular weight is 299 g/mol. The van der Waals surface area contributed by atoms with Crippen LogP contribution >= 0.6 is 0 Å². The van der Waals surface area contributed by atoms with E-state index < -0.39 is 0 Å². The third-order valence-electron chi connectivity index (χ3n) is 3.47. The topological polar surface area (TPSA) is 63.6 Å². The van der Waals surface area contributed by atoms with Gasteiger partial charge in [0.05, 0.1) is 17.1 Å². The summed E-state index contributed by atoms with van der Waals surface area (Å²) in [5.41, 5.74) is 4.19. The molecule has 23 heavy (non-hydrogen) atoms. The van der Waals surface area contributed by atoms with Gasteiger partial charge in [-0.25, -0.2) is 9.97 Å². The van der Waals surface area contributed by atoms with Crippen LogP contribution in [0.15, 0.2) is 73.3 Å². The molecule has 0 spiro atoms. The molecular formula is C18H13N5. The van der Waals surface area contributed by atoms with Crippen molar-refractivity contribution in [2.45, 2.75) is 0 Å². The van der Waals surface area contributed by atoms with Crippen molar-refractivity contribution in [2.24, 2.45) is 0 Å². The van der Waals surface area contributed by atoms with E-state index in [0.29, 0.717) is 5.65 Å². The maximum absolute atomic E-state index is 4.62. The summed E-state index contributed by atoms with van der Waals surface area (Å²) in [6.07, 6.45) is 7.01. The number of pyridine rings is 4. The molecule has 0 amide bonds. The first-order valence-corrected chi connectivity index (χ1v) is 7.24. The highest BCUT2D eigenvalue weighted by Crippen LogP contribution is 2.28. The Morgan fingerprint density at radius 1 is 0.739 bits per heavy atom. The van der Waals surface area contributed by atoms with Crippen molar-refractivity contribution in [1.82, 2.24) is 19.9 Å². The minimum Gasteiger partial charge on any atom is -0.355 e. The van der Waals surface area contributed by atoms with Crippen molar-refractivity contribution < 1.29 is 0 Å². The van der Waals surface area contributed by atoms with Crippen LogP contribution in [-0.2, 0) is 0 Å². The lowest BCUT2D eigenvalue weighted by atomic mass is 10.1. The van der Waals surface area contributed by atoms with Crippen LogP contribution in [0.1, 0.15) is 0 Å². The second-order valence-electron chi connectivity index (χ2n) is 5.01. The Hall–Kier alpha value is -3.34. The number of rotatable bonds is 3. The largest absolute Gasteiger partial charge is 0.355 e. The normalized spacial score (nSPS) is 10.6. The second kappa shape index (κ2) is 5.81. The molecule has 4 rings (SSSR count). The second-order valence-corrected chi connectivity index (χ2v) is 5.01. The van der Waals surface area contributed by atoms with E-state index in [0.717, 1.165) is 28.1 Å². The van der Waals surface area contributed by atoms with E-state index in [1.165, 1.54) is 0 Å². The number of nitrogens with one attached hydrogen (secondary N) is 1. The Morgan fingerprint density at radius 3 is 2.43 bits per heavy atom. The van der Waals surface area contributed by atoms with Crippen molar-refractivity contribution in [1.29, 1.82) is 0 Å². The zero-order valence-electron chi connectivity index (χ0n) is 12.2. The molecule has 0 unspecified atom stereocenters. The van der Waals surface area contributed by atoms with Gasteiger partial charge in [0, 0.05) is 35.9 Å². The highest BCUT2D eigenvalue weighted by molar-refractivity contribution is 5.93. The molecule has 0 atom stereocenters. The van der Waals surface area contributed by atoms with Gasteiger partial charge in [0.15, 0.2) is 5.65 Å². The standard InChI is InChI=1S/C18H13N5/c1-2-8-20-15(5-1)17-12-16(22-13-6-10-19-11-7-13)14-4-3-9-21-18(14)23-17/h1-12H,(H,19,21,22,23). The van der Waals surface area contributed by atoms with Crippen LogP contribution in [-0.4, -0.2) is 19.9 Å². The molecule has 5 nitrogen and oxygen atoms in total. The summed E-state index contributed by atoms with van der Waals surface area (Å²) in [7, 11) is 0. The molecular weight excluding hydrogens is 286 g/mol. The van der Waals surface area contributed by atoms with E-state index in [1.807, 2.05) is 48.5 Å². The first kappa shape index (κ1) is 13.3. The Labute approximate surface area is 133 Å². The quantitative estimate of drug-likeness (QED) is 0.623. The summed E-state index contributed by atoms with van der Waals surface area (Å²) in [5, 5.41) is 4.37. The maximum Gasteiger partial charge on any atom is 0.161 e. The van der Waals surface area contributed by atoms with Gasteiger partial charge in [-0.2, -0.15) is 0 Å². The first-order chi connectivity index (χ1) is 11.4. The van der Waals surface area contributed by atoms with E-state index in [9.17, 15) is 0 Å². The van der Waals surface area contributed by atoms with E-state index in [4.69, 9.17) is 0 Å². The van der Waals surface area contributed by atoms with Crippen molar-refractivity contribution in [3.05, 3.63) is 73.3 Å². The summed E-state index contributed by atoms with van der Waals surface area (Å²) < 4.78 is 0. The van der Waals surface area contributed by atoms with Gasteiger partial charge in [-0.05, 0) is 42.5 Å². The Morgan fingerprint density at radius 2 is 1.61 bits per heavy atom. The molecule has 0 fully saturated rings. The van der Waals surface area contributed by atoms with Crippen molar-refractivity contribution in [3.63, 3.8) is 0 Å². The van der Waals surface area contributed by atoms with Gasteiger partial charge in [-0.1, -0.05) is 6.07 Å². The minimum absolute atomic E-state index is 0.687. The van der Waals surface area contributed by atoms with Gasteiger partial charge in [0.25, 0.3) is 0 Å². The van der Waals surface area contributed by atoms with Crippen LogP contribution in [0, 0.1) is 0 Å². The van der Waals surface area contributed by atoms with Crippen molar-refractivity contribution in [2.75, 3.05) is 5.32 Å². The molecule has 0 aromatic carbocycles. The minimum atomic E-state index is 0.687. The first-order valence-electron chi connectivity index (χ1n) is 7.24. The predicted molar refractivity (Wildman–Crippen MR) is 90.3 cm³/mol. The summed E-state index contributed by atoms with van der Waals surface area (Å²) >= 11 is 0. The Kier molecular flexibility index (Phi) is 3.37. The van der Waals surface area contributed by atoms with E-state index in [2.05, 4.69) is 25.3 Å². The molecule has 0 saturated heterocycles. The fraction of sp³-hybridized carbons (Fsp3) is 0. The van der Waals surface area contributed by atoms with Gasteiger partial charge in [0.2, 0.25) is 0 Å². The number of anilines is 2. The maximum atomic E-state index is 4.62. The van der Waals surface area contributed by atoms with Gasteiger partial charge in [-0.3, -0.25) is 9.97 Å². The lowest BCUT2D eigenvalue weighted by molar-refractivity contribution is 1.24. The third-order valence-corrected chi connectivity index (χ3v) is 3.47. The van der Waals surface area contributed by atoms with E-state index >= 15 is 0 Å². The van der Waals surface area contributed by atoms with Crippen LogP contribution in [0.5, 0.6) is 0 Å². The van der Waals surface area contributed by atoms with Gasteiger partial charge >= 0.3 is 0 Å². The van der Waals surface area contributed by atoms with Gasteiger partial charge in [0.1, 0.15) is 0 Å². The molecule has 0 bridgehead atoms. The number of hydrogen-bond acceptors (Lipinski definition) is 5. The van der Waals surface area contributed by atoms with Crippen LogP contribution in [0.2, 0.25) is 0 Å². The highest BCUT2D eigenvalue weighted by atomic mass is 14.9. The van der Waals surface area contributed by atoms with E-state index in [1.54, 1.807) is 24.8 Å². The molecule has 0 saturated carbocycles. The summed E-state index contributed by atoms with van der Waals surface area (Å²) in [5.74, 6) is 0. The van der Waals surface area contributed by atoms with Crippen molar-refractivity contribution in [3.8, 4) is 11.4 Å². The highest BCUT2D eigenvalue weighted by Gasteiger charge is 2.09. The van der Waals surface area contributed by atoms with Crippen LogP contribution in [0.25, 0.3) is 22.4 Å². The number of hydrogen-bond donors (Lipinski definition) is 1. The Balaban J connectivity index is 1.87. The number of aromatic nitrogens is 4. The fourth-order valence-electron chi connectivity index (χ4n) is 2.40. The molecule has 0 aliphatic heterocycles. The van der Waals surface area contributed by atoms with Crippen LogP contribution < -0.4 is 5.32 Å². The van der Waals surface area contributed by atoms with E-state index in [-0.39, 0.29) is 0 Å². The summed E-state index contributed by atoms with van der Waals surface area (Å²) in [6, 6.07) is 15.5. The molecule has 1 N–H and O–H groups in total. The summed E-state index contributed by atoms with van der Waals surface area (Å²) in [4.78, 5) is 17.4. The monoisotopic (exact) mass is 299 g/mol. The predicted octanol–water partition coefficient (Wildman–Crippen LogP) is 3.83. The lowest BCUT2D eigenvalue weighted by Crippen LogP contribution is -1.97. The van der Waals surface area contributed by atoms with Crippen LogP contribution in [0.3, 0.4) is 0 Å². The SMILES string of the molecule is c1ccc(-c2cc(Nc3ccncc3)c3cccnc3n2)nc1. The van der Waals surface area contributed by atoms with Crippen LogP contribution in [0.4, 0.5) is 11.4 Å². The zero-order valence-corrected chi connectivity index (χ0v) is 12.2. The fourth-order valence-corrected chi connectivity index (χ4v) is 2.40. The van der Waals surface area contributed by atoms with Crippen molar-refractivity contribution >= 4 is 22.4 Å². The number of nitrogens with zero attached hydrogens (tertiary/aromatic N) is 4. The molecule has 0 aliphatic rings. The average Bonchev–Trinajstić information content (AvgIpc) is 2.63. The summed E-state index contributed by atoms with van der Waals surface area (Å²) in [6.45, 7) is 0.